The smallest absolute Gasteiger partial charge is 0.0107 e. The molecule has 0 aromatic rings. The molecule has 0 aromatic heterocycles. The molecule has 0 saturated carbocycles. The van der Waals surface area contributed by atoms with Crippen molar-refractivity contribution in [2.45, 2.75) is 41.0 Å². The highest BCUT2D eigenvalue weighted by molar-refractivity contribution is 5.34. The third-order valence-corrected chi connectivity index (χ3v) is 2.88. The topological polar surface area (TPSA) is 0 Å². The summed E-state index contributed by atoms with van der Waals surface area (Å²) in [7, 11) is 0. The van der Waals surface area contributed by atoms with Crippen LogP contribution in [0.4, 0.5) is 0 Å². The first-order chi connectivity index (χ1) is 4.93. The van der Waals surface area contributed by atoms with E-state index in [1.54, 1.807) is 5.57 Å². The predicted molar refractivity (Wildman–Crippen MR) is 50.5 cm³/mol. The molecule has 0 nitrogen and oxygen atoms in total. The van der Waals surface area contributed by atoms with Gasteiger partial charge in [0.15, 0.2) is 0 Å². The van der Waals surface area contributed by atoms with Gasteiger partial charge in [-0.15, -0.1) is 0 Å². The van der Waals surface area contributed by atoms with Crippen LogP contribution in [-0.2, 0) is 0 Å². The van der Waals surface area contributed by atoms with Crippen molar-refractivity contribution in [3.8, 4) is 0 Å². The third kappa shape index (κ3) is 1.55. The quantitative estimate of drug-likeness (QED) is 0.494. The van der Waals surface area contributed by atoms with Crippen LogP contribution in [0.2, 0.25) is 0 Å². The van der Waals surface area contributed by atoms with E-state index in [9.17, 15) is 0 Å². The van der Waals surface area contributed by atoms with Gasteiger partial charge in [-0.1, -0.05) is 36.6 Å². The molecule has 0 atom stereocenters. The van der Waals surface area contributed by atoms with E-state index in [0.717, 1.165) is 0 Å². The van der Waals surface area contributed by atoms with Gasteiger partial charge in [0.25, 0.3) is 0 Å². The van der Waals surface area contributed by atoms with E-state index >= 15 is 0 Å². The Morgan fingerprint density at radius 1 is 1.18 bits per heavy atom. The summed E-state index contributed by atoms with van der Waals surface area (Å²) in [5.41, 5.74) is 4.91. The molecule has 1 rings (SSSR count). The summed E-state index contributed by atoms with van der Waals surface area (Å²) in [5, 5.41) is 0. The summed E-state index contributed by atoms with van der Waals surface area (Å²) in [6, 6.07) is 0. The monoisotopic (exact) mass is 150 g/mol. The van der Waals surface area contributed by atoms with Gasteiger partial charge in [-0.25, -0.2) is 0 Å². The summed E-state index contributed by atoms with van der Waals surface area (Å²) in [4.78, 5) is 0. The average Bonchev–Trinajstić information content (AvgIpc) is 1.83. The molecule has 0 spiro atoms. The molecule has 0 bridgehead atoms. The van der Waals surface area contributed by atoms with Crippen LogP contribution in [0.1, 0.15) is 41.0 Å². The van der Waals surface area contributed by atoms with Crippen LogP contribution in [0.3, 0.4) is 0 Å². The fourth-order valence-electron chi connectivity index (χ4n) is 1.59. The molecule has 11 heavy (non-hydrogen) atoms. The van der Waals surface area contributed by atoms with Gasteiger partial charge in [-0.05, 0) is 32.6 Å². The first-order valence-corrected chi connectivity index (χ1v) is 4.28. The Kier molecular flexibility index (Phi) is 1.96. The second-order valence-electron chi connectivity index (χ2n) is 4.35. The Balaban J connectivity index is 3.01. The van der Waals surface area contributed by atoms with Crippen LogP contribution in [0.15, 0.2) is 22.8 Å². The molecule has 1 aliphatic rings. The van der Waals surface area contributed by atoms with Gasteiger partial charge in [0.05, 0.1) is 0 Å². The van der Waals surface area contributed by atoms with Crippen molar-refractivity contribution >= 4 is 0 Å². The highest BCUT2D eigenvalue weighted by Gasteiger charge is 2.23. The molecular weight excluding hydrogens is 132 g/mol. The Bertz CT molecular complexity index is 226. The largest absolute Gasteiger partial charge is 0.0695 e. The van der Waals surface area contributed by atoms with Crippen LogP contribution in [-0.4, -0.2) is 0 Å². The van der Waals surface area contributed by atoms with Gasteiger partial charge < -0.3 is 0 Å². The predicted octanol–water partition coefficient (Wildman–Crippen LogP) is 3.70. The highest BCUT2D eigenvalue weighted by atomic mass is 14.3. The van der Waals surface area contributed by atoms with Crippen molar-refractivity contribution < 1.29 is 0 Å². The van der Waals surface area contributed by atoms with E-state index in [0.29, 0.717) is 5.41 Å². The maximum atomic E-state index is 2.32. The van der Waals surface area contributed by atoms with E-state index in [4.69, 9.17) is 0 Å². The summed E-state index contributed by atoms with van der Waals surface area (Å²) < 4.78 is 0. The van der Waals surface area contributed by atoms with Gasteiger partial charge in [0, 0.05) is 0 Å². The van der Waals surface area contributed by atoms with Gasteiger partial charge in [-0.3, -0.25) is 0 Å². The number of hydrogen-bond donors (Lipinski definition) is 0. The molecule has 1 aliphatic carbocycles. The molecule has 62 valence electrons. The number of rotatable bonds is 0. The minimum atomic E-state index is 0.392. The minimum absolute atomic E-state index is 0.392. The van der Waals surface area contributed by atoms with Crippen LogP contribution in [0.25, 0.3) is 0 Å². The first kappa shape index (κ1) is 8.58. The summed E-state index contributed by atoms with van der Waals surface area (Å²) in [6.45, 7) is 11.3. The fourth-order valence-corrected chi connectivity index (χ4v) is 1.59. The van der Waals surface area contributed by atoms with Gasteiger partial charge in [0.2, 0.25) is 0 Å². The molecule has 0 aliphatic heterocycles. The van der Waals surface area contributed by atoms with E-state index in [-0.39, 0.29) is 0 Å². The lowest BCUT2D eigenvalue weighted by atomic mass is 9.74. The third-order valence-electron chi connectivity index (χ3n) is 2.88. The summed E-state index contributed by atoms with van der Waals surface area (Å²) in [5.74, 6) is 0. The zero-order valence-electron chi connectivity index (χ0n) is 8.28. The Labute approximate surface area is 70.0 Å². The Morgan fingerprint density at radius 3 is 2.18 bits per heavy atom. The maximum Gasteiger partial charge on any atom is -0.0107 e. The van der Waals surface area contributed by atoms with Crippen molar-refractivity contribution in [2.24, 2.45) is 5.41 Å². The molecular formula is C11H18. The van der Waals surface area contributed by atoms with E-state index in [2.05, 4.69) is 40.7 Å². The lowest BCUT2D eigenvalue weighted by molar-refractivity contribution is 0.433. The Hall–Kier alpha value is -0.520. The zero-order valence-corrected chi connectivity index (χ0v) is 8.28. The molecule has 0 heteroatoms. The maximum absolute atomic E-state index is 2.32. The molecule has 0 fully saturated rings. The lowest BCUT2D eigenvalue weighted by Crippen LogP contribution is -2.17. The molecule has 0 N–H and O–H groups in total. The summed E-state index contributed by atoms with van der Waals surface area (Å²) in [6.07, 6.45) is 3.54. The second-order valence-corrected chi connectivity index (χ2v) is 4.35. The number of allylic oxidation sites excluding steroid dienone is 4. The molecule has 0 radical (unpaired) electrons. The molecule has 0 saturated heterocycles. The van der Waals surface area contributed by atoms with E-state index in [1.165, 1.54) is 17.6 Å². The van der Waals surface area contributed by atoms with Crippen molar-refractivity contribution in [1.29, 1.82) is 0 Å². The van der Waals surface area contributed by atoms with E-state index in [1.807, 2.05) is 0 Å². The summed E-state index contributed by atoms with van der Waals surface area (Å²) >= 11 is 0. The van der Waals surface area contributed by atoms with Crippen LogP contribution >= 0.6 is 0 Å². The van der Waals surface area contributed by atoms with Crippen molar-refractivity contribution in [1.82, 2.24) is 0 Å². The number of hydrogen-bond acceptors (Lipinski definition) is 0. The van der Waals surface area contributed by atoms with Gasteiger partial charge >= 0.3 is 0 Å². The average molecular weight is 150 g/mol. The van der Waals surface area contributed by atoms with Crippen molar-refractivity contribution in [3.05, 3.63) is 22.8 Å². The van der Waals surface area contributed by atoms with Crippen LogP contribution in [0, 0.1) is 5.41 Å². The molecule has 0 heterocycles. The zero-order chi connectivity index (χ0) is 8.65. The first-order valence-electron chi connectivity index (χ1n) is 4.28. The van der Waals surface area contributed by atoms with Crippen LogP contribution < -0.4 is 0 Å². The fraction of sp³-hybridized carbons (Fsp3) is 0.636. The van der Waals surface area contributed by atoms with Crippen LogP contribution in [0.5, 0.6) is 0 Å². The normalized spacial score (nSPS) is 23.5. The standard InChI is InChI=1S/C11H18/c1-8-6-10(3)11(4,5)7-9(8)2/h6H,7H2,1-5H3. The SMILES string of the molecule is CC1=CC(C)=C(C)CC1(C)C. The Morgan fingerprint density at radius 2 is 1.73 bits per heavy atom. The van der Waals surface area contributed by atoms with Gasteiger partial charge in [0.1, 0.15) is 0 Å². The molecule has 0 aromatic carbocycles. The van der Waals surface area contributed by atoms with Gasteiger partial charge in [-0.2, -0.15) is 0 Å². The van der Waals surface area contributed by atoms with Crippen molar-refractivity contribution in [2.75, 3.05) is 0 Å². The molecule has 0 unspecified atom stereocenters. The molecule has 0 amide bonds. The lowest BCUT2D eigenvalue weighted by Gasteiger charge is -2.31. The van der Waals surface area contributed by atoms with Crippen molar-refractivity contribution in [3.63, 3.8) is 0 Å². The van der Waals surface area contributed by atoms with E-state index < -0.39 is 0 Å². The highest BCUT2D eigenvalue weighted by Crippen LogP contribution is 2.38. The second kappa shape index (κ2) is 2.51. The minimum Gasteiger partial charge on any atom is -0.0695 e.